The van der Waals surface area contributed by atoms with Crippen LogP contribution in [0.5, 0.6) is 0 Å². The van der Waals surface area contributed by atoms with Gasteiger partial charge in [0.15, 0.2) is 0 Å². The highest BCUT2D eigenvalue weighted by Gasteiger charge is 2.13. The maximum atomic E-state index is 4.74. The van der Waals surface area contributed by atoms with Gasteiger partial charge in [0, 0.05) is 22.8 Å². The summed E-state index contributed by atoms with van der Waals surface area (Å²) in [6.07, 6.45) is 3.53. The molecule has 4 heteroatoms. The van der Waals surface area contributed by atoms with Gasteiger partial charge in [-0.3, -0.25) is 4.98 Å². The highest BCUT2D eigenvalue weighted by Crippen LogP contribution is 2.28. The minimum absolute atomic E-state index is 0.860. The van der Waals surface area contributed by atoms with E-state index < -0.39 is 0 Å². The number of pyridine rings is 1. The van der Waals surface area contributed by atoms with Gasteiger partial charge in [0.25, 0.3) is 0 Å². The fourth-order valence-corrected chi connectivity index (χ4v) is 3.44. The van der Waals surface area contributed by atoms with Gasteiger partial charge in [-0.05, 0) is 49.8 Å². The molecule has 3 aromatic heterocycles. The van der Waals surface area contributed by atoms with Crippen LogP contribution in [0.3, 0.4) is 0 Å². The Morgan fingerprint density at radius 1 is 1.32 bits per heavy atom. The highest BCUT2D eigenvalue weighted by molar-refractivity contribution is 7.09. The molecule has 0 aliphatic rings. The zero-order valence-electron chi connectivity index (χ0n) is 13.5. The van der Waals surface area contributed by atoms with Crippen LogP contribution in [0.2, 0.25) is 0 Å². The van der Waals surface area contributed by atoms with E-state index in [1.54, 1.807) is 11.3 Å². The van der Waals surface area contributed by atoms with Crippen molar-refractivity contribution in [3.8, 4) is 0 Å². The Balaban J connectivity index is 1.94. The van der Waals surface area contributed by atoms with Crippen LogP contribution in [0, 0.1) is 13.8 Å². The Kier molecular flexibility index (Phi) is 4.48. The van der Waals surface area contributed by atoms with Crippen molar-refractivity contribution in [1.82, 2.24) is 9.97 Å². The van der Waals surface area contributed by atoms with Gasteiger partial charge in [-0.15, -0.1) is 11.3 Å². The first-order valence-corrected chi connectivity index (χ1v) is 8.82. The van der Waals surface area contributed by atoms with Crippen LogP contribution >= 0.6 is 11.3 Å². The summed E-state index contributed by atoms with van der Waals surface area (Å²) in [6.45, 7) is 7.33. The number of hydrogen-bond acceptors (Lipinski definition) is 3. The lowest BCUT2D eigenvalue weighted by Crippen LogP contribution is -1.99. The van der Waals surface area contributed by atoms with Gasteiger partial charge in [0.05, 0.1) is 16.7 Å². The first-order chi connectivity index (χ1) is 10.7. The molecule has 0 aromatic carbocycles. The van der Waals surface area contributed by atoms with Crippen LogP contribution < -0.4 is 5.32 Å². The molecule has 2 N–H and O–H groups in total. The standard InChI is InChI=1S/C18H23N3S/c1-4-5-8-15-13(3)17-18(21-15)16(10-12(2)20-17)19-11-14-7-6-9-22-14/h6-7,9-10,21H,4-5,8,11H2,1-3H3,(H,19,20). The first kappa shape index (κ1) is 15.1. The molecule has 0 radical (unpaired) electrons. The van der Waals surface area contributed by atoms with Crippen molar-refractivity contribution in [2.45, 2.75) is 46.6 Å². The molecule has 0 saturated carbocycles. The predicted octanol–water partition coefficient (Wildman–Crippen LogP) is 5.20. The number of H-pyrrole nitrogens is 1. The van der Waals surface area contributed by atoms with E-state index in [0.29, 0.717) is 0 Å². The second-order valence-electron chi connectivity index (χ2n) is 5.80. The molecule has 0 unspecified atom stereocenters. The van der Waals surface area contributed by atoms with Crippen molar-refractivity contribution >= 4 is 28.1 Å². The number of nitrogens with zero attached hydrogens (tertiary/aromatic N) is 1. The number of hydrogen-bond donors (Lipinski definition) is 2. The van der Waals surface area contributed by atoms with E-state index in [1.807, 2.05) is 0 Å². The Bertz CT molecular complexity index is 756. The molecule has 0 amide bonds. The topological polar surface area (TPSA) is 40.7 Å². The highest BCUT2D eigenvalue weighted by atomic mass is 32.1. The molecule has 3 nitrogen and oxygen atoms in total. The van der Waals surface area contributed by atoms with Crippen molar-refractivity contribution in [3.05, 3.63) is 45.4 Å². The van der Waals surface area contributed by atoms with Crippen LogP contribution in [0.15, 0.2) is 23.6 Å². The maximum Gasteiger partial charge on any atom is 0.0935 e. The van der Waals surface area contributed by atoms with Gasteiger partial charge in [-0.2, -0.15) is 0 Å². The zero-order valence-corrected chi connectivity index (χ0v) is 14.3. The maximum absolute atomic E-state index is 4.74. The van der Waals surface area contributed by atoms with Crippen molar-refractivity contribution in [3.63, 3.8) is 0 Å². The van der Waals surface area contributed by atoms with Gasteiger partial charge in [0.2, 0.25) is 0 Å². The number of rotatable bonds is 6. The van der Waals surface area contributed by atoms with Gasteiger partial charge in [0.1, 0.15) is 0 Å². The van der Waals surface area contributed by atoms with Crippen LogP contribution in [-0.4, -0.2) is 9.97 Å². The molecule has 3 aromatic rings. The van der Waals surface area contributed by atoms with Gasteiger partial charge < -0.3 is 10.3 Å². The molecule has 3 rings (SSSR count). The lowest BCUT2D eigenvalue weighted by atomic mass is 10.1. The van der Waals surface area contributed by atoms with Crippen LogP contribution in [0.25, 0.3) is 11.0 Å². The lowest BCUT2D eigenvalue weighted by molar-refractivity contribution is 0.779. The summed E-state index contributed by atoms with van der Waals surface area (Å²) in [5.74, 6) is 0. The number of thiophene rings is 1. The third-order valence-electron chi connectivity index (χ3n) is 4.04. The molecular weight excluding hydrogens is 290 g/mol. The van der Waals surface area contributed by atoms with E-state index in [9.17, 15) is 0 Å². The van der Waals surface area contributed by atoms with Crippen LogP contribution in [-0.2, 0) is 13.0 Å². The minimum Gasteiger partial charge on any atom is -0.378 e. The Morgan fingerprint density at radius 2 is 2.18 bits per heavy atom. The van der Waals surface area contributed by atoms with E-state index in [4.69, 9.17) is 4.98 Å². The summed E-state index contributed by atoms with van der Waals surface area (Å²) in [7, 11) is 0. The smallest absolute Gasteiger partial charge is 0.0935 e. The van der Waals surface area contributed by atoms with E-state index in [1.165, 1.54) is 29.0 Å². The molecule has 22 heavy (non-hydrogen) atoms. The van der Waals surface area contributed by atoms with Gasteiger partial charge in [-0.25, -0.2) is 0 Å². The number of aromatic amines is 1. The summed E-state index contributed by atoms with van der Waals surface area (Å²) in [5.41, 5.74) is 7.10. The number of nitrogens with one attached hydrogen (secondary N) is 2. The molecule has 0 aliphatic carbocycles. The molecule has 0 aliphatic heterocycles. The molecule has 0 spiro atoms. The van der Waals surface area contributed by atoms with E-state index in [0.717, 1.165) is 35.4 Å². The molecule has 0 bridgehead atoms. The van der Waals surface area contributed by atoms with E-state index in [-0.39, 0.29) is 0 Å². The minimum atomic E-state index is 0.860. The second kappa shape index (κ2) is 6.53. The second-order valence-corrected chi connectivity index (χ2v) is 6.83. The Morgan fingerprint density at radius 3 is 2.91 bits per heavy atom. The number of anilines is 1. The number of aromatic nitrogens is 2. The third-order valence-corrected chi connectivity index (χ3v) is 4.92. The Hall–Kier alpha value is -1.81. The predicted molar refractivity (Wildman–Crippen MR) is 95.8 cm³/mol. The zero-order chi connectivity index (χ0) is 15.5. The van der Waals surface area contributed by atoms with Crippen LogP contribution in [0.1, 0.15) is 41.6 Å². The Labute approximate surface area is 135 Å². The fourth-order valence-electron chi connectivity index (χ4n) is 2.80. The average Bonchev–Trinajstić information content (AvgIpc) is 3.12. The number of aryl methyl sites for hydroxylation is 3. The van der Waals surface area contributed by atoms with Crippen molar-refractivity contribution in [1.29, 1.82) is 0 Å². The summed E-state index contributed by atoms with van der Waals surface area (Å²) >= 11 is 1.78. The van der Waals surface area contributed by atoms with Gasteiger partial charge >= 0.3 is 0 Å². The first-order valence-electron chi connectivity index (χ1n) is 7.94. The lowest BCUT2D eigenvalue weighted by Gasteiger charge is -2.07. The summed E-state index contributed by atoms with van der Waals surface area (Å²) in [5, 5.41) is 5.68. The number of fused-ring (bicyclic) bond motifs is 1. The molecule has 0 fully saturated rings. The quantitative estimate of drug-likeness (QED) is 0.657. The largest absolute Gasteiger partial charge is 0.378 e. The van der Waals surface area contributed by atoms with Crippen molar-refractivity contribution < 1.29 is 0 Å². The molecule has 0 saturated heterocycles. The summed E-state index contributed by atoms with van der Waals surface area (Å²) in [4.78, 5) is 9.69. The van der Waals surface area contributed by atoms with E-state index >= 15 is 0 Å². The molecule has 3 heterocycles. The van der Waals surface area contributed by atoms with Crippen LogP contribution in [0.4, 0.5) is 5.69 Å². The SMILES string of the molecule is CCCCc1[nH]c2c(NCc3cccs3)cc(C)nc2c1C. The molecular formula is C18H23N3S. The molecule has 116 valence electrons. The number of unbranched alkanes of at least 4 members (excludes halogenated alkanes) is 1. The summed E-state index contributed by atoms with van der Waals surface area (Å²) in [6, 6.07) is 6.39. The normalized spacial score (nSPS) is 11.2. The van der Waals surface area contributed by atoms with E-state index in [2.05, 4.69) is 54.7 Å². The van der Waals surface area contributed by atoms with Crippen molar-refractivity contribution in [2.75, 3.05) is 5.32 Å². The molecule has 0 atom stereocenters. The van der Waals surface area contributed by atoms with Crippen molar-refractivity contribution in [2.24, 2.45) is 0 Å². The monoisotopic (exact) mass is 313 g/mol. The summed E-state index contributed by atoms with van der Waals surface area (Å²) < 4.78 is 0. The fraction of sp³-hybridized carbons (Fsp3) is 0.389. The van der Waals surface area contributed by atoms with Gasteiger partial charge in [-0.1, -0.05) is 19.4 Å². The average molecular weight is 313 g/mol. The third kappa shape index (κ3) is 3.02.